The average Bonchev–Trinajstić information content (AvgIpc) is 3.38. The molecule has 3 heterocycles. The molecule has 4 rings (SSSR count). The number of hydrogen-bond donors (Lipinski definition) is 1. The normalized spacial score (nSPS) is 11.2. The zero-order valence-electron chi connectivity index (χ0n) is 17.3. The lowest BCUT2D eigenvalue weighted by Crippen LogP contribution is -2.26. The summed E-state index contributed by atoms with van der Waals surface area (Å²) in [5.41, 5.74) is 1.44. The standard InChI is InChI=1S/C21H19ClFN5O2S2/c1-3-28-19-18(12(2)26-28)25-21(27(20(19)30)10-14-5-4-8-31-14)32-11-17(29)24-16-7-6-13(22)9-15(16)23/h4-9H,3,10-11H2,1-2H3,(H,24,29). The Kier molecular flexibility index (Phi) is 6.63. The van der Waals surface area contributed by atoms with Gasteiger partial charge in [0.15, 0.2) is 10.7 Å². The number of rotatable bonds is 7. The quantitative estimate of drug-likeness (QED) is 0.303. The predicted molar refractivity (Wildman–Crippen MR) is 126 cm³/mol. The maximum atomic E-state index is 14.0. The number of hydrogen-bond acceptors (Lipinski definition) is 6. The largest absolute Gasteiger partial charge is 0.323 e. The summed E-state index contributed by atoms with van der Waals surface area (Å²) in [6.07, 6.45) is 0. The van der Waals surface area contributed by atoms with Crippen LogP contribution in [0.25, 0.3) is 11.0 Å². The Morgan fingerprint density at radius 1 is 1.34 bits per heavy atom. The van der Waals surface area contributed by atoms with E-state index in [0.29, 0.717) is 35.0 Å². The highest BCUT2D eigenvalue weighted by Gasteiger charge is 2.19. The minimum absolute atomic E-state index is 0.0412. The van der Waals surface area contributed by atoms with Crippen LogP contribution in [-0.2, 0) is 17.9 Å². The average molecular weight is 492 g/mol. The van der Waals surface area contributed by atoms with Crippen LogP contribution in [-0.4, -0.2) is 31.0 Å². The van der Waals surface area contributed by atoms with Gasteiger partial charge in [-0.05, 0) is 43.5 Å². The fourth-order valence-corrected chi connectivity index (χ4v) is 4.88. The van der Waals surface area contributed by atoms with Crippen molar-refractivity contribution in [2.45, 2.75) is 32.1 Å². The molecular formula is C21H19ClFN5O2S2. The molecule has 0 saturated heterocycles. The molecule has 1 amide bonds. The number of benzene rings is 1. The van der Waals surface area contributed by atoms with Crippen molar-refractivity contribution < 1.29 is 9.18 Å². The van der Waals surface area contributed by atoms with E-state index < -0.39 is 11.7 Å². The Hall–Kier alpha value is -2.69. The first-order valence-corrected chi connectivity index (χ1v) is 12.0. The number of halogens is 2. The minimum atomic E-state index is -0.618. The van der Waals surface area contributed by atoms with Crippen molar-refractivity contribution >= 4 is 57.3 Å². The van der Waals surface area contributed by atoms with Gasteiger partial charge in [-0.15, -0.1) is 11.3 Å². The number of aromatic nitrogens is 4. The molecule has 11 heteroatoms. The van der Waals surface area contributed by atoms with Crippen molar-refractivity contribution in [3.63, 3.8) is 0 Å². The second-order valence-electron chi connectivity index (χ2n) is 6.92. The van der Waals surface area contributed by atoms with E-state index in [-0.39, 0.29) is 22.0 Å². The second kappa shape index (κ2) is 9.43. The second-order valence-corrected chi connectivity index (χ2v) is 9.34. The molecule has 0 aliphatic carbocycles. The van der Waals surface area contributed by atoms with Crippen molar-refractivity contribution in [3.8, 4) is 0 Å². The molecule has 1 aromatic carbocycles. The van der Waals surface area contributed by atoms with Crippen LogP contribution >= 0.6 is 34.7 Å². The summed E-state index contributed by atoms with van der Waals surface area (Å²) in [6, 6.07) is 7.88. The molecular weight excluding hydrogens is 473 g/mol. The van der Waals surface area contributed by atoms with Gasteiger partial charge in [-0.3, -0.25) is 18.8 Å². The zero-order chi connectivity index (χ0) is 22.8. The molecule has 0 saturated carbocycles. The van der Waals surface area contributed by atoms with Crippen LogP contribution < -0.4 is 10.9 Å². The Morgan fingerprint density at radius 2 is 2.16 bits per heavy atom. The molecule has 0 aliphatic heterocycles. The van der Waals surface area contributed by atoms with E-state index in [1.54, 1.807) is 16.2 Å². The molecule has 0 spiro atoms. The number of carbonyl (C=O) groups is 1. The molecule has 4 aromatic rings. The van der Waals surface area contributed by atoms with Gasteiger partial charge in [-0.25, -0.2) is 9.37 Å². The summed E-state index contributed by atoms with van der Waals surface area (Å²) in [6.45, 7) is 4.60. The maximum absolute atomic E-state index is 14.0. The fraction of sp³-hybridized carbons (Fsp3) is 0.238. The molecule has 3 aromatic heterocycles. The SMILES string of the molecule is CCn1nc(C)c2nc(SCC(=O)Nc3ccc(Cl)cc3F)n(Cc3cccs3)c(=O)c21. The number of anilines is 1. The molecule has 0 aliphatic rings. The highest BCUT2D eigenvalue weighted by Crippen LogP contribution is 2.23. The summed E-state index contributed by atoms with van der Waals surface area (Å²) in [5.74, 6) is -1.09. The van der Waals surface area contributed by atoms with E-state index in [2.05, 4.69) is 15.4 Å². The van der Waals surface area contributed by atoms with Crippen LogP contribution in [0.2, 0.25) is 5.02 Å². The maximum Gasteiger partial charge on any atom is 0.280 e. The smallest absolute Gasteiger partial charge is 0.280 e. The predicted octanol–water partition coefficient (Wildman–Crippen LogP) is 4.55. The first-order valence-electron chi connectivity index (χ1n) is 9.75. The number of nitrogens with zero attached hydrogens (tertiary/aromatic N) is 4. The van der Waals surface area contributed by atoms with Gasteiger partial charge in [0, 0.05) is 16.4 Å². The van der Waals surface area contributed by atoms with Gasteiger partial charge >= 0.3 is 0 Å². The van der Waals surface area contributed by atoms with Gasteiger partial charge < -0.3 is 5.32 Å². The van der Waals surface area contributed by atoms with Crippen molar-refractivity contribution in [1.82, 2.24) is 19.3 Å². The van der Waals surface area contributed by atoms with Gasteiger partial charge in [-0.2, -0.15) is 5.10 Å². The molecule has 0 atom stereocenters. The monoisotopic (exact) mass is 491 g/mol. The van der Waals surface area contributed by atoms with E-state index in [1.165, 1.54) is 23.5 Å². The summed E-state index contributed by atoms with van der Waals surface area (Å²) in [7, 11) is 0. The lowest BCUT2D eigenvalue weighted by atomic mass is 10.3. The van der Waals surface area contributed by atoms with Crippen LogP contribution in [0.3, 0.4) is 0 Å². The summed E-state index contributed by atoms with van der Waals surface area (Å²) < 4.78 is 17.2. The molecule has 32 heavy (non-hydrogen) atoms. The number of thiophene rings is 1. The lowest BCUT2D eigenvalue weighted by molar-refractivity contribution is -0.113. The van der Waals surface area contributed by atoms with E-state index >= 15 is 0 Å². The fourth-order valence-electron chi connectivity index (χ4n) is 3.23. The number of fused-ring (bicyclic) bond motifs is 1. The van der Waals surface area contributed by atoms with Crippen molar-refractivity contribution in [2.75, 3.05) is 11.1 Å². The number of carbonyl (C=O) groups excluding carboxylic acids is 1. The first kappa shape index (κ1) is 22.5. The number of aryl methyl sites for hydroxylation is 2. The van der Waals surface area contributed by atoms with Crippen molar-refractivity contribution in [1.29, 1.82) is 0 Å². The number of nitrogens with one attached hydrogen (secondary N) is 1. The molecule has 0 fully saturated rings. The van der Waals surface area contributed by atoms with Gasteiger partial charge in [-0.1, -0.05) is 29.4 Å². The molecule has 7 nitrogen and oxygen atoms in total. The Morgan fingerprint density at radius 3 is 2.84 bits per heavy atom. The minimum Gasteiger partial charge on any atom is -0.323 e. The van der Waals surface area contributed by atoms with Crippen molar-refractivity contribution in [3.05, 3.63) is 67.5 Å². The molecule has 0 unspecified atom stereocenters. The van der Waals surface area contributed by atoms with Gasteiger partial charge in [0.05, 0.1) is 23.7 Å². The summed E-state index contributed by atoms with van der Waals surface area (Å²) in [4.78, 5) is 31.5. The lowest BCUT2D eigenvalue weighted by Gasteiger charge is -2.12. The summed E-state index contributed by atoms with van der Waals surface area (Å²) >= 11 is 8.41. The Bertz CT molecular complexity index is 1350. The third-order valence-electron chi connectivity index (χ3n) is 4.71. The molecule has 0 radical (unpaired) electrons. The first-order chi connectivity index (χ1) is 15.4. The van der Waals surface area contributed by atoms with Crippen LogP contribution in [0.4, 0.5) is 10.1 Å². The number of amides is 1. The van der Waals surface area contributed by atoms with Crippen LogP contribution in [0.5, 0.6) is 0 Å². The molecule has 0 bridgehead atoms. The van der Waals surface area contributed by atoms with E-state index in [4.69, 9.17) is 11.6 Å². The number of thioether (sulfide) groups is 1. The van der Waals surface area contributed by atoms with Gasteiger partial charge in [0.1, 0.15) is 11.3 Å². The van der Waals surface area contributed by atoms with E-state index in [0.717, 1.165) is 22.7 Å². The topological polar surface area (TPSA) is 81.8 Å². The Labute approximate surface area is 196 Å². The highest BCUT2D eigenvalue weighted by atomic mass is 35.5. The van der Waals surface area contributed by atoms with Crippen LogP contribution in [0, 0.1) is 12.7 Å². The third kappa shape index (κ3) is 4.57. The van der Waals surface area contributed by atoms with Crippen molar-refractivity contribution in [2.24, 2.45) is 0 Å². The molecule has 1 N–H and O–H groups in total. The molecule has 166 valence electrons. The van der Waals surface area contributed by atoms with E-state index in [1.807, 2.05) is 24.4 Å². The van der Waals surface area contributed by atoms with Gasteiger partial charge in [0.25, 0.3) is 5.56 Å². The van der Waals surface area contributed by atoms with Crippen LogP contribution in [0.15, 0.2) is 45.7 Å². The zero-order valence-corrected chi connectivity index (χ0v) is 19.7. The van der Waals surface area contributed by atoms with Crippen LogP contribution in [0.1, 0.15) is 17.5 Å². The third-order valence-corrected chi connectivity index (χ3v) is 6.79. The van der Waals surface area contributed by atoms with Gasteiger partial charge in [0.2, 0.25) is 5.91 Å². The van der Waals surface area contributed by atoms with E-state index in [9.17, 15) is 14.0 Å². The highest BCUT2D eigenvalue weighted by molar-refractivity contribution is 7.99. The Balaban J connectivity index is 1.65. The summed E-state index contributed by atoms with van der Waals surface area (Å²) in [5, 5.41) is 9.53.